The highest BCUT2D eigenvalue weighted by Crippen LogP contribution is 2.32. The van der Waals surface area contributed by atoms with E-state index >= 15 is 0 Å². The van der Waals surface area contributed by atoms with Gasteiger partial charge in [0.1, 0.15) is 11.3 Å². The molecule has 1 saturated heterocycles. The molecule has 1 aliphatic heterocycles. The second-order valence-electron chi connectivity index (χ2n) is 7.40. The van der Waals surface area contributed by atoms with E-state index in [0.717, 1.165) is 30.5 Å². The zero-order valence-electron chi connectivity index (χ0n) is 17.4. The van der Waals surface area contributed by atoms with Crippen LogP contribution in [0, 0.1) is 11.6 Å². The van der Waals surface area contributed by atoms with Gasteiger partial charge in [-0.2, -0.15) is 0 Å². The number of amides is 1. The lowest BCUT2D eigenvalue weighted by molar-refractivity contribution is 0.0391. The number of carbonyl (C=O) groups excluding carboxylic acids is 1. The molecular weight excluding hydrogens is 472 g/mol. The van der Waals surface area contributed by atoms with Gasteiger partial charge in [0.15, 0.2) is 10.9 Å². The smallest absolute Gasteiger partial charge is 0.260 e. The van der Waals surface area contributed by atoms with Crippen molar-refractivity contribution >= 4 is 56.0 Å². The molecule has 0 radical (unpaired) electrons. The van der Waals surface area contributed by atoms with Crippen molar-refractivity contribution in [3.8, 4) is 0 Å². The van der Waals surface area contributed by atoms with Gasteiger partial charge in [-0.05, 0) is 24.3 Å². The zero-order chi connectivity index (χ0) is 22.1. The van der Waals surface area contributed by atoms with E-state index in [1.165, 1.54) is 11.0 Å². The number of rotatable bonds is 5. The average Bonchev–Trinajstić information content (AvgIpc) is 3.23. The van der Waals surface area contributed by atoms with Gasteiger partial charge >= 0.3 is 0 Å². The lowest BCUT2D eigenvalue weighted by Crippen LogP contribution is -2.43. The van der Waals surface area contributed by atoms with Crippen LogP contribution in [0.2, 0.25) is 0 Å². The number of nitrogens with zero attached hydrogens (tertiary/aromatic N) is 5. The van der Waals surface area contributed by atoms with Crippen LogP contribution in [0.15, 0.2) is 42.7 Å². The Balaban J connectivity index is 0.00000259. The molecule has 33 heavy (non-hydrogen) atoms. The fourth-order valence-corrected chi connectivity index (χ4v) is 4.69. The Morgan fingerprint density at radius 2 is 1.85 bits per heavy atom. The van der Waals surface area contributed by atoms with E-state index in [2.05, 4.69) is 19.9 Å². The van der Waals surface area contributed by atoms with E-state index in [1.807, 2.05) is 0 Å². The lowest BCUT2D eigenvalue weighted by Gasteiger charge is -2.29. The molecule has 1 aliphatic rings. The molecule has 11 heteroatoms. The third kappa shape index (κ3) is 4.93. The van der Waals surface area contributed by atoms with Gasteiger partial charge in [0, 0.05) is 50.2 Å². The molecule has 0 unspecified atom stereocenters. The normalized spacial score (nSPS) is 14.4. The van der Waals surface area contributed by atoms with E-state index in [4.69, 9.17) is 4.74 Å². The van der Waals surface area contributed by atoms with Crippen molar-refractivity contribution in [2.24, 2.45) is 0 Å². The Kier molecular flexibility index (Phi) is 7.08. The summed E-state index contributed by atoms with van der Waals surface area (Å²) in [6.07, 6.45) is 3.16. The molecule has 5 rings (SSSR count). The van der Waals surface area contributed by atoms with Crippen molar-refractivity contribution in [1.82, 2.24) is 19.9 Å². The quantitative estimate of drug-likeness (QED) is 0.421. The molecule has 0 saturated carbocycles. The van der Waals surface area contributed by atoms with Crippen LogP contribution in [-0.2, 0) is 4.74 Å². The first-order chi connectivity index (χ1) is 15.6. The number of aromatic nitrogens is 3. The lowest BCUT2D eigenvalue weighted by atomic mass is 10.1. The van der Waals surface area contributed by atoms with Gasteiger partial charge in [-0.1, -0.05) is 11.3 Å². The molecule has 172 valence electrons. The fraction of sp³-hybridized carbons (Fsp3) is 0.273. The number of carbonyl (C=O) groups is 1. The molecule has 0 spiro atoms. The molecule has 1 amide bonds. The van der Waals surface area contributed by atoms with Crippen molar-refractivity contribution in [3.63, 3.8) is 0 Å². The molecule has 2 aromatic carbocycles. The van der Waals surface area contributed by atoms with Gasteiger partial charge < -0.3 is 4.74 Å². The number of thiazole rings is 1. The average molecular weight is 492 g/mol. The summed E-state index contributed by atoms with van der Waals surface area (Å²) < 4.78 is 33.7. The van der Waals surface area contributed by atoms with Gasteiger partial charge in [0.2, 0.25) is 0 Å². The molecule has 1 fully saturated rings. The summed E-state index contributed by atoms with van der Waals surface area (Å²) in [5.41, 5.74) is 1.76. The number of morpholine rings is 1. The van der Waals surface area contributed by atoms with Gasteiger partial charge in [0.25, 0.3) is 5.91 Å². The first kappa shape index (κ1) is 23.4. The standard InChI is InChI=1S/C22H19F2N5O2S.ClH/c23-15-12-16(24)20-19(13-15)32-22(27-20)29(6-5-28-7-9-31-10-8-28)21(30)14-1-2-17-18(11-14)26-4-3-25-17;/h1-4,11-13H,5-10H2;1H. The predicted octanol–water partition coefficient (Wildman–Crippen LogP) is 3.92. The second kappa shape index (κ2) is 10.0. The van der Waals surface area contributed by atoms with Crippen LogP contribution in [0.5, 0.6) is 0 Å². The zero-order valence-corrected chi connectivity index (χ0v) is 19.0. The van der Waals surface area contributed by atoms with Crippen LogP contribution in [0.1, 0.15) is 10.4 Å². The highest BCUT2D eigenvalue weighted by molar-refractivity contribution is 7.22. The molecule has 7 nitrogen and oxygen atoms in total. The van der Waals surface area contributed by atoms with Crippen LogP contribution < -0.4 is 4.90 Å². The van der Waals surface area contributed by atoms with Gasteiger partial charge in [-0.25, -0.2) is 13.8 Å². The number of hydrogen-bond acceptors (Lipinski definition) is 7. The molecule has 0 bridgehead atoms. The van der Waals surface area contributed by atoms with Crippen molar-refractivity contribution < 1.29 is 18.3 Å². The minimum atomic E-state index is -0.746. The number of ether oxygens (including phenoxy) is 1. The van der Waals surface area contributed by atoms with Gasteiger partial charge in [-0.3, -0.25) is 24.6 Å². The van der Waals surface area contributed by atoms with Crippen LogP contribution >= 0.6 is 23.7 Å². The molecular formula is C22H20ClF2N5O2S. The first-order valence-electron chi connectivity index (χ1n) is 10.2. The van der Waals surface area contributed by atoms with Crippen molar-refractivity contribution in [1.29, 1.82) is 0 Å². The number of fused-ring (bicyclic) bond motifs is 2. The summed E-state index contributed by atoms with van der Waals surface area (Å²) in [4.78, 5) is 30.1. The third-order valence-electron chi connectivity index (χ3n) is 5.34. The minimum absolute atomic E-state index is 0. The molecule has 0 aliphatic carbocycles. The monoisotopic (exact) mass is 491 g/mol. The van der Waals surface area contributed by atoms with Crippen LogP contribution in [0.4, 0.5) is 13.9 Å². The topological polar surface area (TPSA) is 71.5 Å². The summed E-state index contributed by atoms with van der Waals surface area (Å²) >= 11 is 1.09. The van der Waals surface area contributed by atoms with E-state index in [-0.39, 0.29) is 23.8 Å². The van der Waals surface area contributed by atoms with Crippen molar-refractivity contribution in [2.75, 3.05) is 44.3 Å². The summed E-state index contributed by atoms with van der Waals surface area (Å²) in [5.74, 6) is -1.71. The fourth-order valence-electron chi connectivity index (χ4n) is 3.66. The predicted molar refractivity (Wildman–Crippen MR) is 125 cm³/mol. The minimum Gasteiger partial charge on any atom is -0.379 e. The highest BCUT2D eigenvalue weighted by atomic mass is 35.5. The summed E-state index contributed by atoms with van der Waals surface area (Å²) in [5, 5.41) is 0.321. The molecule has 4 aromatic rings. The SMILES string of the molecule is Cl.O=C(c1ccc2nccnc2c1)N(CCN1CCOCC1)c1nc2c(F)cc(F)cc2s1. The van der Waals surface area contributed by atoms with Gasteiger partial charge in [0.05, 0.1) is 28.9 Å². The van der Waals surface area contributed by atoms with E-state index in [0.29, 0.717) is 52.7 Å². The van der Waals surface area contributed by atoms with E-state index < -0.39 is 11.6 Å². The largest absolute Gasteiger partial charge is 0.379 e. The van der Waals surface area contributed by atoms with Crippen molar-refractivity contribution in [2.45, 2.75) is 0 Å². The Bertz CT molecular complexity index is 1300. The molecule has 0 N–H and O–H groups in total. The molecule has 0 atom stereocenters. The van der Waals surface area contributed by atoms with E-state index in [9.17, 15) is 13.6 Å². The number of hydrogen-bond donors (Lipinski definition) is 0. The third-order valence-corrected chi connectivity index (χ3v) is 6.36. The number of halogens is 3. The number of anilines is 1. The maximum atomic E-state index is 14.3. The maximum Gasteiger partial charge on any atom is 0.260 e. The molecule has 2 aromatic heterocycles. The Morgan fingerprint density at radius 3 is 2.64 bits per heavy atom. The highest BCUT2D eigenvalue weighted by Gasteiger charge is 2.24. The summed E-state index contributed by atoms with van der Waals surface area (Å²) in [6, 6.07) is 7.14. The number of benzene rings is 2. The summed E-state index contributed by atoms with van der Waals surface area (Å²) in [6.45, 7) is 3.78. The van der Waals surface area contributed by atoms with Crippen LogP contribution in [0.3, 0.4) is 0 Å². The van der Waals surface area contributed by atoms with Crippen molar-refractivity contribution in [3.05, 3.63) is 59.9 Å². The Hall–Kier alpha value is -2.79. The second-order valence-corrected chi connectivity index (χ2v) is 8.41. The first-order valence-corrected chi connectivity index (χ1v) is 11.0. The maximum absolute atomic E-state index is 14.3. The summed E-state index contributed by atoms with van der Waals surface area (Å²) in [7, 11) is 0. The van der Waals surface area contributed by atoms with Crippen LogP contribution in [-0.4, -0.2) is 65.2 Å². The van der Waals surface area contributed by atoms with Gasteiger partial charge in [-0.15, -0.1) is 12.4 Å². The molecule has 3 heterocycles. The van der Waals surface area contributed by atoms with E-state index in [1.54, 1.807) is 30.6 Å². The Morgan fingerprint density at radius 1 is 1.09 bits per heavy atom. The Labute approximate surface area is 198 Å². The van der Waals surface area contributed by atoms with Crippen LogP contribution in [0.25, 0.3) is 21.3 Å².